The van der Waals surface area contributed by atoms with E-state index in [0.717, 1.165) is 41.4 Å². The van der Waals surface area contributed by atoms with Crippen LogP contribution in [-0.4, -0.2) is 10.1 Å². The Kier molecular flexibility index (Phi) is 2.07. The minimum absolute atomic E-state index is 0.0723. The molecule has 1 heterocycles. The van der Waals surface area contributed by atoms with E-state index in [0.29, 0.717) is 0 Å². The lowest BCUT2D eigenvalue weighted by Gasteiger charge is -2.21. The molecule has 16 heavy (non-hydrogen) atoms. The number of H-pyrrole nitrogens is 1. The summed E-state index contributed by atoms with van der Waals surface area (Å²) in [6.07, 6.45) is 1.88. The van der Waals surface area contributed by atoms with E-state index in [9.17, 15) is 9.90 Å². The van der Waals surface area contributed by atoms with Crippen molar-refractivity contribution in [2.45, 2.75) is 25.4 Å². The zero-order valence-corrected chi connectivity index (χ0v) is 8.86. The molecule has 0 bridgehead atoms. The Labute approximate surface area is 92.7 Å². The van der Waals surface area contributed by atoms with Crippen LogP contribution < -0.4 is 5.43 Å². The largest absolute Gasteiger partial charge is 0.387 e. The van der Waals surface area contributed by atoms with E-state index in [2.05, 4.69) is 4.98 Å². The number of para-hydroxylation sites is 1. The molecule has 1 atom stereocenters. The van der Waals surface area contributed by atoms with Crippen molar-refractivity contribution in [3.63, 3.8) is 0 Å². The number of rotatable bonds is 0. The van der Waals surface area contributed by atoms with Crippen LogP contribution in [0.3, 0.4) is 0 Å². The van der Waals surface area contributed by atoms with E-state index in [1.807, 2.05) is 24.3 Å². The molecule has 2 aromatic rings. The Morgan fingerprint density at radius 2 is 2.12 bits per heavy atom. The summed E-state index contributed by atoms with van der Waals surface area (Å²) < 4.78 is 0. The molecule has 3 heteroatoms. The van der Waals surface area contributed by atoms with Gasteiger partial charge in [0.1, 0.15) is 0 Å². The minimum Gasteiger partial charge on any atom is -0.387 e. The maximum absolute atomic E-state index is 12.2. The highest BCUT2D eigenvalue weighted by Crippen LogP contribution is 2.27. The van der Waals surface area contributed by atoms with Crippen LogP contribution >= 0.6 is 0 Å². The lowest BCUT2D eigenvalue weighted by molar-refractivity contribution is 0.151. The van der Waals surface area contributed by atoms with Gasteiger partial charge in [-0.25, -0.2) is 0 Å². The Morgan fingerprint density at radius 3 is 3.00 bits per heavy atom. The number of pyridine rings is 1. The quantitative estimate of drug-likeness (QED) is 0.705. The number of aromatic nitrogens is 1. The molecule has 82 valence electrons. The fraction of sp³-hybridized carbons (Fsp3) is 0.308. The van der Waals surface area contributed by atoms with Crippen molar-refractivity contribution in [2.24, 2.45) is 0 Å². The zero-order valence-electron chi connectivity index (χ0n) is 8.86. The first-order valence-electron chi connectivity index (χ1n) is 5.59. The molecule has 1 aromatic carbocycles. The number of fused-ring (bicyclic) bond motifs is 2. The van der Waals surface area contributed by atoms with Gasteiger partial charge in [-0.1, -0.05) is 12.1 Å². The second-order valence-corrected chi connectivity index (χ2v) is 4.30. The predicted octanol–water partition coefficient (Wildman–Crippen LogP) is 1.90. The van der Waals surface area contributed by atoms with Crippen LogP contribution in [0.4, 0.5) is 0 Å². The zero-order chi connectivity index (χ0) is 11.1. The van der Waals surface area contributed by atoms with Crippen LogP contribution in [0.1, 0.15) is 30.2 Å². The van der Waals surface area contributed by atoms with Crippen molar-refractivity contribution in [1.29, 1.82) is 0 Å². The van der Waals surface area contributed by atoms with Crippen LogP contribution in [0.15, 0.2) is 29.1 Å². The summed E-state index contributed by atoms with van der Waals surface area (Å²) in [6, 6.07) is 7.46. The van der Waals surface area contributed by atoms with Gasteiger partial charge in [0.05, 0.1) is 11.8 Å². The Bertz CT molecular complexity index is 600. The molecule has 0 radical (unpaired) electrons. The number of aliphatic hydroxyl groups is 1. The average Bonchev–Trinajstić information content (AvgIpc) is 2.31. The number of aromatic amines is 1. The van der Waals surface area contributed by atoms with Gasteiger partial charge < -0.3 is 10.1 Å². The molecule has 0 spiro atoms. The fourth-order valence-electron chi connectivity index (χ4n) is 2.44. The molecule has 1 aromatic heterocycles. The molecular weight excluding hydrogens is 202 g/mol. The molecule has 0 saturated heterocycles. The monoisotopic (exact) mass is 215 g/mol. The van der Waals surface area contributed by atoms with Crippen molar-refractivity contribution in [1.82, 2.24) is 4.98 Å². The normalized spacial score (nSPS) is 19.7. The van der Waals surface area contributed by atoms with Crippen molar-refractivity contribution < 1.29 is 5.11 Å². The Balaban J connectivity index is 2.41. The molecule has 2 N–H and O–H groups in total. The summed E-state index contributed by atoms with van der Waals surface area (Å²) in [4.78, 5) is 15.4. The molecule has 0 amide bonds. The third kappa shape index (κ3) is 1.28. The van der Waals surface area contributed by atoms with Gasteiger partial charge in [-0.2, -0.15) is 0 Å². The van der Waals surface area contributed by atoms with E-state index in [1.54, 1.807) is 0 Å². The number of aliphatic hydroxyl groups excluding tert-OH is 1. The number of nitrogens with one attached hydrogen (secondary N) is 1. The molecule has 0 saturated carbocycles. The second kappa shape index (κ2) is 3.46. The summed E-state index contributed by atoms with van der Waals surface area (Å²) in [5, 5.41) is 10.6. The highest BCUT2D eigenvalue weighted by molar-refractivity contribution is 5.79. The highest BCUT2D eigenvalue weighted by Gasteiger charge is 2.21. The van der Waals surface area contributed by atoms with Crippen LogP contribution in [0.2, 0.25) is 0 Å². The molecule has 1 unspecified atom stereocenters. The number of hydrogen-bond acceptors (Lipinski definition) is 2. The molecule has 1 aliphatic rings. The third-order valence-electron chi connectivity index (χ3n) is 3.28. The average molecular weight is 215 g/mol. The van der Waals surface area contributed by atoms with Gasteiger partial charge in [0.25, 0.3) is 0 Å². The van der Waals surface area contributed by atoms with Gasteiger partial charge in [-0.15, -0.1) is 0 Å². The third-order valence-corrected chi connectivity index (χ3v) is 3.28. The maximum Gasteiger partial charge on any atom is 0.192 e. The summed E-state index contributed by atoms with van der Waals surface area (Å²) in [7, 11) is 0. The smallest absolute Gasteiger partial charge is 0.192 e. The molecule has 0 aliphatic heterocycles. The van der Waals surface area contributed by atoms with Crippen molar-refractivity contribution in [2.75, 3.05) is 0 Å². The fourth-order valence-corrected chi connectivity index (χ4v) is 2.44. The van der Waals surface area contributed by atoms with Crippen LogP contribution in [0.5, 0.6) is 0 Å². The summed E-state index contributed by atoms with van der Waals surface area (Å²) in [5.41, 5.74) is 2.36. The summed E-state index contributed by atoms with van der Waals surface area (Å²) >= 11 is 0. The van der Waals surface area contributed by atoms with E-state index in [4.69, 9.17) is 0 Å². The first-order valence-corrected chi connectivity index (χ1v) is 5.59. The highest BCUT2D eigenvalue weighted by atomic mass is 16.3. The van der Waals surface area contributed by atoms with E-state index in [1.165, 1.54) is 0 Å². The second-order valence-electron chi connectivity index (χ2n) is 4.30. The van der Waals surface area contributed by atoms with Crippen molar-refractivity contribution >= 4 is 10.9 Å². The van der Waals surface area contributed by atoms with Gasteiger partial charge in [0.15, 0.2) is 5.43 Å². The molecule has 3 nitrogen and oxygen atoms in total. The van der Waals surface area contributed by atoms with Gasteiger partial charge in [-0.05, 0) is 31.4 Å². The summed E-state index contributed by atoms with van der Waals surface area (Å²) in [5.74, 6) is 0. The van der Waals surface area contributed by atoms with Gasteiger partial charge >= 0.3 is 0 Å². The Hall–Kier alpha value is -1.61. The minimum atomic E-state index is -0.513. The predicted molar refractivity (Wildman–Crippen MR) is 62.5 cm³/mol. The van der Waals surface area contributed by atoms with Crippen LogP contribution in [0, 0.1) is 0 Å². The van der Waals surface area contributed by atoms with Crippen molar-refractivity contribution in [3.8, 4) is 0 Å². The lowest BCUT2D eigenvalue weighted by Crippen LogP contribution is -2.21. The standard InChI is InChI=1S/C13H13NO2/c15-11-7-3-5-9-12(11)14-10-6-2-1-4-8(10)13(9)16/h1-2,4,6,11,15H,3,5,7H2,(H,14,16). The maximum atomic E-state index is 12.2. The first kappa shape index (κ1) is 9.60. The van der Waals surface area contributed by atoms with Gasteiger partial charge in [0, 0.05) is 16.5 Å². The Morgan fingerprint density at radius 1 is 1.31 bits per heavy atom. The molecule has 1 aliphatic carbocycles. The number of hydrogen-bond donors (Lipinski definition) is 2. The number of benzene rings is 1. The van der Waals surface area contributed by atoms with Gasteiger partial charge in [-0.3, -0.25) is 4.79 Å². The lowest BCUT2D eigenvalue weighted by atomic mass is 9.92. The van der Waals surface area contributed by atoms with Gasteiger partial charge in [0.2, 0.25) is 0 Å². The van der Waals surface area contributed by atoms with Crippen LogP contribution in [-0.2, 0) is 6.42 Å². The van der Waals surface area contributed by atoms with Crippen LogP contribution in [0.25, 0.3) is 10.9 Å². The van der Waals surface area contributed by atoms with E-state index in [-0.39, 0.29) is 5.43 Å². The first-order chi connectivity index (χ1) is 7.77. The van der Waals surface area contributed by atoms with Crippen molar-refractivity contribution in [3.05, 3.63) is 45.7 Å². The van der Waals surface area contributed by atoms with E-state index >= 15 is 0 Å². The molecule has 0 fully saturated rings. The van der Waals surface area contributed by atoms with E-state index < -0.39 is 6.10 Å². The molecular formula is C13H13NO2. The summed E-state index contributed by atoms with van der Waals surface area (Å²) in [6.45, 7) is 0. The topological polar surface area (TPSA) is 53.1 Å². The SMILES string of the molecule is O=c1c2c([nH]c3ccccc13)C(O)CCC2. The molecule has 3 rings (SSSR count).